The summed E-state index contributed by atoms with van der Waals surface area (Å²) >= 11 is 0. The molecular weight excluding hydrogens is 272 g/mol. The highest BCUT2D eigenvalue weighted by Gasteiger charge is 2.41. The minimum Gasteiger partial charge on any atom is -0.325 e. The van der Waals surface area contributed by atoms with Crippen LogP contribution in [-0.4, -0.2) is 45.3 Å². The van der Waals surface area contributed by atoms with Gasteiger partial charge < -0.3 is 4.90 Å². The Bertz CT molecular complexity index is 360. The van der Waals surface area contributed by atoms with Gasteiger partial charge >= 0.3 is 0 Å². The zero-order valence-corrected chi connectivity index (χ0v) is 14.5. The summed E-state index contributed by atoms with van der Waals surface area (Å²) in [4.78, 5) is 14.6. The molecule has 0 spiro atoms. The summed E-state index contributed by atoms with van der Waals surface area (Å²) in [5, 5.41) is 3.63. The third-order valence-corrected chi connectivity index (χ3v) is 5.79. The lowest BCUT2D eigenvalue weighted by atomic mass is 9.99. The first-order valence-corrected chi connectivity index (χ1v) is 9.30. The maximum atomic E-state index is 12.6. The summed E-state index contributed by atoms with van der Waals surface area (Å²) in [5.41, 5.74) is 0. The van der Waals surface area contributed by atoms with Gasteiger partial charge in [-0.2, -0.15) is 0 Å². The summed E-state index contributed by atoms with van der Waals surface area (Å²) in [5.74, 6) is 0.953. The van der Waals surface area contributed by atoms with E-state index < -0.39 is 10.8 Å². The van der Waals surface area contributed by atoms with Crippen molar-refractivity contribution < 1.29 is 9.00 Å². The van der Waals surface area contributed by atoms with Crippen molar-refractivity contribution in [3.63, 3.8) is 0 Å². The number of hydrogen-bond donors (Lipinski definition) is 1. The van der Waals surface area contributed by atoms with Gasteiger partial charge in [0.25, 0.3) is 0 Å². The summed E-state index contributed by atoms with van der Waals surface area (Å²) in [6.07, 6.45) is 3.64. The maximum Gasteiger partial charge on any atom is 0.241 e. The quantitative estimate of drug-likeness (QED) is 0.782. The van der Waals surface area contributed by atoms with Gasteiger partial charge in [-0.3, -0.25) is 14.3 Å². The lowest BCUT2D eigenvalue weighted by molar-refractivity contribution is -0.131. The van der Waals surface area contributed by atoms with E-state index in [1.54, 1.807) is 6.26 Å². The predicted molar refractivity (Wildman–Crippen MR) is 84.9 cm³/mol. The second-order valence-corrected chi connectivity index (χ2v) is 8.15. The molecule has 118 valence electrons. The molecule has 0 saturated carbocycles. The average Bonchev–Trinajstić information content (AvgIpc) is 2.72. The van der Waals surface area contributed by atoms with E-state index in [9.17, 15) is 9.00 Å². The van der Waals surface area contributed by atoms with Gasteiger partial charge in [-0.15, -0.1) is 0 Å². The van der Waals surface area contributed by atoms with Crippen LogP contribution in [0.1, 0.15) is 47.5 Å². The topological polar surface area (TPSA) is 49.4 Å². The van der Waals surface area contributed by atoms with E-state index in [0.717, 1.165) is 12.8 Å². The molecule has 20 heavy (non-hydrogen) atoms. The third kappa shape index (κ3) is 4.04. The van der Waals surface area contributed by atoms with Crippen molar-refractivity contribution in [2.24, 2.45) is 11.8 Å². The Morgan fingerprint density at radius 3 is 2.35 bits per heavy atom. The van der Waals surface area contributed by atoms with Gasteiger partial charge in [-0.05, 0) is 18.3 Å². The van der Waals surface area contributed by atoms with Gasteiger partial charge in [-0.25, -0.2) is 0 Å². The normalized spacial score (nSPS) is 27.9. The van der Waals surface area contributed by atoms with Crippen LogP contribution in [-0.2, 0) is 15.6 Å². The SMILES string of the molecule is CCC(C)C1NC(C(C)C)N(CCC(C)S(C)=O)C1=O. The van der Waals surface area contributed by atoms with Crippen LogP contribution in [0.25, 0.3) is 0 Å². The summed E-state index contributed by atoms with van der Waals surface area (Å²) in [7, 11) is -0.821. The van der Waals surface area contributed by atoms with E-state index in [4.69, 9.17) is 0 Å². The molecule has 5 unspecified atom stereocenters. The second kappa shape index (κ2) is 7.55. The first-order chi connectivity index (χ1) is 9.29. The molecular formula is C15H30N2O2S. The van der Waals surface area contributed by atoms with Crippen molar-refractivity contribution in [1.29, 1.82) is 0 Å². The second-order valence-electron chi connectivity index (χ2n) is 6.35. The average molecular weight is 302 g/mol. The van der Waals surface area contributed by atoms with E-state index in [2.05, 4.69) is 33.0 Å². The molecule has 0 aromatic rings. The molecule has 0 aromatic carbocycles. The van der Waals surface area contributed by atoms with Crippen molar-refractivity contribution in [1.82, 2.24) is 10.2 Å². The van der Waals surface area contributed by atoms with Crippen LogP contribution in [0.4, 0.5) is 0 Å². The third-order valence-electron chi connectivity index (χ3n) is 4.42. The molecule has 5 atom stereocenters. The van der Waals surface area contributed by atoms with Crippen LogP contribution in [0.15, 0.2) is 0 Å². The first kappa shape index (κ1) is 17.6. The fourth-order valence-corrected chi connectivity index (χ4v) is 3.03. The molecule has 1 fully saturated rings. The van der Waals surface area contributed by atoms with Crippen molar-refractivity contribution in [2.75, 3.05) is 12.8 Å². The van der Waals surface area contributed by atoms with Crippen LogP contribution in [0.3, 0.4) is 0 Å². The molecule has 0 radical (unpaired) electrons. The number of amides is 1. The molecule has 0 aliphatic carbocycles. The summed E-state index contributed by atoms with van der Waals surface area (Å²) in [6.45, 7) is 11.2. The molecule has 1 heterocycles. The van der Waals surface area contributed by atoms with E-state index in [-0.39, 0.29) is 23.4 Å². The molecule has 1 rings (SSSR count). The Labute approximate surface area is 126 Å². The Balaban J connectivity index is 2.75. The number of carbonyl (C=O) groups is 1. The van der Waals surface area contributed by atoms with Crippen LogP contribution >= 0.6 is 0 Å². The Kier molecular flexibility index (Phi) is 6.65. The number of hydrogen-bond acceptors (Lipinski definition) is 3. The number of nitrogens with zero attached hydrogens (tertiary/aromatic N) is 1. The Morgan fingerprint density at radius 1 is 1.30 bits per heavy atom. The highest BCUT2D eigenvalue weighted by molar-refractivity contribution is 7.84. The summed E-state index contributed by atoms with van der Waals surface area (Å²) in [6, 6.07) is -0.0603. The molecule has 1 N–H and O–H groups in total. The molecule has 1 saturated heterocycles. The van der Waals surface area contributed by atoms with Gasteiger partial charge in [0.1, 0.15) is 0 Å². The highest BCUT2D eigenvalue weighted by Crippen LogP contribution is 2.23. The van der Waals surface area contributed by atoms with Crippen molar-refractivity contribution in [2.45, 2.75) is 64.9 Å². The van der Waals surface area contributed by atoms with Gasteiger partial charge in [0.2, 0.25) is 5.91 Å². The van der Waals surface area contributed by atoms with Crippen molar-refractivity contribution in [3.8, 4) is 0 Å². The van der Waals surface area contributed by atoms with Crippen LogP contribution in [0, 0.1) is 11.8 Å². The van der Waals surface area contributed by atoms with E-state index >= 15 is 0 Å². The molecule has 1 aliphatic heterocycles. The van der Waals surface area contributed by atoms with Crippen molar-refractivity contribution in [3.05, 3.63) is 0 Å². The zero-order chi connectivity index (χ0) is 15.4. The van der Waals surface area contributed by atoms with Crippen LogP contribution < -0.4 is 5.32 Å². The fraction of sp³-hybridized carbons (Fsp3) is 0.933. The van der Waals surface area contributed by atoms with Gasteiger partial charge in [0.05, 0.1) is 12.2 Å². The monoisotopic (exact) mass is 302 g/mol. The molecule has 1 amide bonds. The minimum atomic E-state index is -0.821. The number of rotatable bonds is 7. The number of nitrogens with one attached hydrogen (secondary N) is 1. The standard InChI is InChI=1S/C15H30N2O2S/c1-7-11(4)13-15(18)17(14(16-13)10(2)3)9-8-12(5)20(6)19/h10-14,16H,7-9H2,1-6H3. The lowest BCUT2D eigenvalue weighted by Gasteiger charge is -2.28. The molecule has 1 aliphatic rings. The van der Waals surface area contributed by atoms with Gasteiger partial charge in [0.15, 0.2) is 0 Å². The number of carbonyl (C=O) groups excluding carboxylic acids is 1. The molecule has 5 heteroatoms. The molecule has 0 bridgehead atoms. The van der Waals surface area contributed by atoms with Crippen LogP contribution in [0.2, 0.25) is 0 Å². The largest absolute Gasteiger partial charge is 0.325 e. The van der Waals surface area contributed by atoms with Gasteiger partial charge in [0, 0.05) is 28.9 Å². The van der Waals surface area contributed by atoms with Gasteiger partial charge in [-0.1, -0.05) is 41.0 Å². The fourth-order valence-electron chi connectivity index (χ4n) is 2.59. The van der Waals surface area contributed by atoms with Crippen LogP contribution in [0.5, 0.6) is 0 Å². The molecule has 4 nitrogen and oxygen atoms in total. The summed E-state index contributed by atoms with van der Waals surface area (Å²) < 4.78 is 11.5. The smallest absolute Gasteiger partial charge is 0.241 e. The van der Waals surface area contributed by atoms with E-state index in [1.807, 2.05) is 11.8 Å². The Morgan fingerprint density at radius 2 is 1.90 bits per heavy atom. The predicted octanol–water partition coefficient (Wildman–Crippen LogP) is 1.97. The lowest BCUT2D eigenvalue weighted by Crippen LogP contribution is -2.42. The first-order valence-electron chi connectivity index (χ1n) is 7.68. The highest BCUT2D eigenvalue weighted by atomic mass is 32.2. The zero-order valence-electron chi connectivity index (χ0n) is 13.7. The Hall–Kier alpha value is -0.420. The minimum absolute atomic E-state index is 0.0603. The maximum absolute atomic E-state index is 12.6. The van der Waals surface area contributed by atoms with Crippen molar-refractivity contribution >= 4 is 16.7 Å². The van der Waals surface area contributed by atoms with E-state index in [0.29, 0.717) is 18.4 Å². The molecule has 0 aromatic heterocycles. The van der Waals surface area contributed by atoms with E-state index in [1.165, 1.54) is 0 Å².